The van der Waals surface area contributed by atoms with E-state index < -0.39 is 12.6 Å². The van der Waals surface area contributed by atoms with Crippen LogP contribution in [0.25, 0.3) is 0 Å². The third-order valence-corrected chi connectivity index (χ3v) is 3.22. The topological polar surface area (TPSA) is 3.24 Å². The lowest BCUT2D eigenvalue weighted by Crippen LogP contribution is -2.26. The molecule has 1 unspecified atom stereocenters. The first-order chi connectivity index (χ1) is 6.01. The first kappa shape index (κ1) is 11.3. The van der Waals surface area contributed by atoms with E-state index >= 15 is 0 Å². The fourth-order valence-electron chi connectivity index (χ4n) is 1.53. The van der Waals surface area contributed by atoms with Crippen LogP contribution in [-0.4, -0.2) is 36.0 Å². The summed E-state index contributed by atoms with van der Waals surface area (Å²) >= 11 is 3.35. The van der Waals surface area contributed by atoms with Crippen molar-refractivity contribution in [2.45, 2.75) is 19.0 Å². The number of hydrogen-bond acceptors (Lipinski definition) is 1. The number of hydrogen-bond donors (Lipinski definition) is 0. The van der Waals surface area contributed by atoms with Gasteiger partial charge in [0.2, 0.25) is 0 Å². The fraction of sp³-hybridized carbons (Fsp3) is 1.00. The number of likely N-dealkylation sites (tertiary alicyclic amines) is 1. The molecule has 1 rings (SSSR count). The largest absolute Gasteiger partial charge is 0.390 e. The van der Waals surface area contributed by atoms with Crippen LogP contribution >= 0.6 is 15.9 Å². The molecule has 1 aliphatic heterocycles. The summed E-state index contributed by atoms with van der Waals surface area (Å²) in [7, 11) is 0. The predicted molar refractivity (Wildman–Crippen MR) is 49.0 cm³/mol. The van der Waals surface area contributed by atoms with E-state index in [0.717, 1.165) is 24.8 Å². The average Bonchev–Trinajstić information content (AvgIpc) is 2.47. The summed E-state index contributed by atoms with van der Waals surface area (Å²) in [5.74, 6) is 0.535. The van der Waals surface area contributed by atoms with Crippen LogP contribution in [0.3, 0.4) is 0 Å². The molecule has 1 saturated heterocycles. The maximum absolute atomic E-state index is 11.9. The minimum atomic E-state index is -4.01. The molecule has 1 nitrogen and oxygen atoms in total. The van der Waals surface area contributed by atoms with E-state index in [1.165, 1.54) is 0 Å². The molecule has 1 fully saturated rings. The smallest absolute Gasteiger partial charge is 0.303 e. The van der Waals surface area contributed by atoms with Crippen LogP contribution in [0, 0.1) is 5.92 Å². The Bertz CT molecular complexity index is 160. The highest BCUT2D eigenvalue weighted by molar-refractivity contribution is 9.09. The van der Waals surface area contributed by atoms with Crippen LogP contribution in [0.1, 0.15) is 12.8 Å². The first-order valence-corrected chi connectivity index (χ1v) is 5.48. The Morgan fingerprint density at radius 1 is 1.38 bits per heavy atom. The Labute approximate surface area is 84.4 Å². The maximum Gasteiger partial charge on any atom is 0.390 e. The Hall–Kier alpha value is 0.230. The van der Waals surface area contributed by atoms with E-state index in [-0.39, 0.29) is 6.54 Å². The van der Waals surface area contributed by atoms with Crippen LogP contribution in [0.2, 0.25) is 0 Å². The monoisotopic (exact) mass is 259 g/mol. The number of rotatable bonds is 3. The van der Waals surface area contributed by atoms with Crippen LogP contribution < -0.4 is 0 Å². The van der Waals surface area contributed by atoms with Gasteiger partial charge in [0, 0.05) is 18.4 Å². The van der Waals surface area contributed by atoms with Gasteiger partial charge in [-0.2, -0.15) is 13.2 Å². The zero-order valence-electron chi connectivity index (χ0n) is 7.28. The number of halogens is 4. The minimum Gasteiger partial charge on any atom is -0.303 e. The van der Waals surface area contributed by atoms with Gasteiger partial charge in [0.15, 0.2) is 0 Å². The van der Waals surface area contributed by atoms with Crippen LogP contribution in [0.15, 0.2) is 0 Å². The average molecular weight is 260 g/mol. The lowest BCUT2D eigenvalue weighted by atomic mass is 10.2. The van der Waals surface area contributed by atoms with Gasteiger partial charge in [-0.3, -0.25) is 0 Å². The summed E-state index contributed by atoms with van der Waals surface area (Å²) < 4.78 is 35.6. The second kappa shape index (κ2) is 4.64. The van der Waals surface area contributed by atoms with Gasteiger partial charge in [0.25, 0.3) is 0 Å². The molecule has 1 atom stereocenters. The van der Waals surface area contributed by atoms with Crippen molar-refractivity contribution in [3.05, 3.63) is 0 Å². The standard InChI is InChI=1S/C8H13BrF3N/c9-5-7-1-3-13(6-7)4-2-8(10,11)12/h7H,1-6H2. The third-order valence-electron chi connectivity index (χ3n) is 2.30. The molecule has 0 aromatic rings. The van der Waals surface area contributed by atoms with E-state index in [9.17, 15) is 13.2 Å². The molecule has 0 aromatic heterocycles. The van der Waals surface area contributed by atoms with Crippen molar-refractivity contribution in [1.82, 2.24) is 4.90 Å². The Kier molecular flexibility index (Phi) is 4.04. The van der Waals surface area contributed by atoms with Crippen LogP contribution in [-0.2, 0) is 0 Å². The van der Waals surface area contributed by atoms with Gasteiger partial charge in [-0.05, 0) is 18.9 Å². The molecule has 0 N–H and O–H groups in total. The molecule has 0 spiro atoms. The van der Waals surface area contributed by atoms with Crippen LogP contribution in [0.5, 0.6) is 0 Å². The summed E-state index contributed by atoms with van der Waals surface area (Å²) in [6.07, 6.45) is -3.67. The highest BCUT2D eigenvalue weighted by atomic mass is 79.9. The summed E-state index contributed by atoms with van der Waals surface area (Å²) in [4.78, 5) is 1.89. The van der Waals surface area contributed by atoms with E-state index in [1.807, 2.05) is 4.90 Å². The predicted octanol–water partition coefficient (Wildman–Crippen LogP) is 2.66. The number of alkyl halides is 4. The normalized spacial score (nSPS) is 25.4. The van der Waals surface area contributed by atoms with Crippen molar-refractivity contribution < 1.29 is 13.2 Å². The van der Waals surface area contributed by atoms with Crippen molar-refractivity contribution in [2.24, 2.45) is 5.92 Å². The maximum atomic E-state index is 11.9. The molecular formula is C8H13BrF3N. The molecule has 78 valence electrons. The zero-order chi connectivity index (χ0) is 9.90. The first-order valence-electron chi connectivity index (χ1n) is 4.36. The van der Waals surface area contributed by atoms with Crippen molar-refractivity contribution in [1.29, 1.82) is 0 Å². The summed E-state index contributed by atoms with van der Waals surface area (Å²) in [5.41, 5.74) is 0. The quantitative estimate of drug-likeness (QED) is 0.705. The molecule has 1 aliphatic rings. The van der Waals surface area contributed by atoms with Gasteiger partial charge in [-0.1, -0.05) is 15.9 Å². The number of nitrogens with zero attached hydrogens (tertiary/aromatic N) is 1. The van der Waals surface area contributed by atoms with Crippen molar-refractivity contribution in [3.8, 4) is 0 Å². The van der Waals surface area contributed by atoms with E-state index in [1.54, 1.807) is 0 Å². The SMILES string of the molecule is FC(F)(F)CCN1CCC(CBr)C1. The van der Waals surface area contributed by atoms with E-state index in [2.05, 4.69) is 15.9 Å². The Morgan fingerprint density at radius 3 is 2.54 bits per heavy atom. The lowest BCUT2D eigenvalue weighted by molar-refractivity contribution is -0.137. The van der Waals surface area contributed by atoms with E-state index in [0.29, 0.717) is 5.92 Å². The van der Waals surface area contributed by atoms with Crippen molar-refractivity contribution in [2.75, 3.05) is 25.0 Å². The Morgan fingerprint density at radius 2 is 2.08 bits per heavy atom. The molecule has 0 amide bonds. The van der Waals surface area contributed by atoms with Gasteiger partial charge in [-0.25, -0.2) is 0 Å². The molecule has 0 bridgehead atoms. The molecule has 0 aliphatic carbocycles. The molecule has 0 saturated carbocycles. The van der Waals surface area contributed by atoms with Gasteiger partial charge in [0.05, 0.1) is 6.42 Å². The molecule has 0 radical (unpaired) electrons. The van der Waals surface area contributed by atoms with Crippen molar-refractivity contribution >= 4 is 15.9 Å². The fourth-order valence-corrected chi connectivity index (χ4v) is 2.06. The molecule has 1 heterocycles. The lowest BCUT2D eigenvalue weighted by Gasteiger charge is -2.16. The van der Waals surface area contributed by atoms with E-state index in [4.69, 9.17) is 0 Å². The van der Waals surface area contributed by atoms with Gasteiger partial charge < -0.3 is 4.90 Å². The molecule has 13 heavy (non-hydrogen) atoms. The zero-order valence-corrected chi connectivity index (χ0v) is 8.87. The highest BCUT2D eigenvalue weighted by Gasteiger charge is 2.29. The minimum absolute atomic E-state index is 0.160. The van der Waals surface area contributed by atoms with Crippen molar-refractivity contribution in [3.63, 3.8) is 0 Å². The Balaban J connectivity index is 2.17. The molecule has 0 aromatic carbocycles. The molecule has 5 heteroatoms. The second-order valence-corrected chi connectivity index (χ2v) is 4.12. The summed E-state index contributed by atoms with van der Waals surface area (Å²) in [6, 6.07) is 0. The highest BCUT2D eigenvalue weighted by Crippen LogP contribution is 2.23. The third kappa shape index (κ3) is 4.31. The summed E-state index contributed by atoms with van der Waals surface area (Å²) in [5, 5.41) is 0.898. The van der Waals surface area contributed by atoms with Gasteiger partial charge >= 0.3 is 6.18 Å². The van der Waals surface area contributed by atoms with Gasteiger partial charge in [0.1, 0.15) is 0 Å². The summed E-state index contributed by atoms with van der Waals surface area (Å²) in [6.45, 7) is 1.78. The van der Waals surface area contributed by atoms with Crippen LogP contribution in [0.4, 0.5) is 13.2 Å². The second-order valence-electron chi connectivity index (χ2n) is 3.47. The van der Waals surface area contributed by atoms with Gasteiger partial charge in [-0.15, -0.1) is 0 Å². The molecular weight excluding hydrogens is 247 g/mol.